The van der Waals surface area contributed by atoms with E-state index in [1.807, 2.05) is 30.6 Å². The van der Waals surface area contributed by atoms with Gasteiger partial charge in [0.2, 0.25) is 11.6 Å². The van der Waals surface area contributed by atoms with Gasteiger partial charge in [0.25, 0.3) is 5.88 Å². The van der Waals surface area contributed by atoms with Crippen LogP contribution in [-0.4, -0.2) is 32.9 Å². The van der Waals surface area contributed by atoms with Gasteiger partial charge in [-0.25, -0.2) is 9.97 Å². The zero-order valence-corrected chi connectivity index (χ0v) is 14.3. The Morgan fingerprint density at radius 3 is 2.72 bits per heavy atom. The Hall–Kier alpha value is -2.89. The molecule has 6 heteroatoms. The molecule has 1 amide bonds. The number of ether oxygens (including phenoxy) is 1. The third kappa shape index (κ3) is 2.95. The standard InChI is InChI=1S/C19H20N4O2/c1-12(2)25-19-18-22-11-16(23(18)8-7-20-19)14-5-3-13(4-6-14)15-9-17(24)21-10-15/h3-8,11-12,15H,9-10H2,1-2H3,(H,21,24). The predicted molar refractivity (Wildman–Crippen MR) is 94.6 cm³/mol. The maximum absolute atomic E-state index is 11.4. The molecule has 25 heavy (non-hydrogen) atoms. The highest BCUT2D eigenvalue weighted by atomic mass is 16.5. The zero-order valence-electron chi connectivity index (χ0n) is 14.3. The van der Waals surface area contributed by atoms with Crippen molar-refractivity contribution in [2.45, 2.75) is 32.3 Å². The van der Waals surface area contributed by atoms with Crippen LogP contribution in [-0.2, 0) is 4.79 Å². The van der Waals surface area contributed by atoms with Crippen LogP contribution >= 0.6 is 0 Å². The van der Waals surface area contributed by atoms with Crippen LogP contribution in [0.2, 0.25) is 0 Å². The number of nitrogens with one attached hydrogen (secondary N) is 1. The van der Waals surface area contributed by atoms with Crippen LogP contribution in [0.25, 0.3) is 16.9 Å². The van der Waals surface area contributed by atoms with E-state index in [9.17, 15) is 4.79 Å². The van der Waals surface area contributed by atoms with E-state index in [-0.39, 0.29) is 17.9 Å². The molecule has 0 saturated carbocycles. The van der Waals surface area contributed by atoms with E-state index >= 15 is 0 Å². The lowest BCUT2D eigenvalue weighted by molar-refractivity contribution is -0.119. The van der Waals surface area contributed by atoms with Gasteiger partial charge in [0.15, 0.2) is 0 Å². The van der Waals surface area contributed by atoms with Crippen molar-refractivity contribution in [2.24, 2.45) is 0 Å². The Kier molecular flexibility index (Phi) is 3.87. The topological polar surface area (TPSA) is 68.5 Å². The molecule has 6 nitrogen and oxygen atoms in total. The summed E-state index contributed by atoms with van der Waals surface area (Å²) in [7, 11) is 0. The van der Waals surface area contributed by atoms with Crippen molar-refractivity contribution in [1.82, 2.24) is 19.7 Å². The zero-order chi connectivity index (χ0) is 17.4. The molecule has 0 bridgehead atoms. The van der Waals surface area contributed by atoms with Crippen molar-refractivity contribution in [1.29, 1.82) is 0 Å². The van der Waals surface area contributed by atoms with Crippen LogP contribution in [0.1, 0.15) is 31.7 Å². The Labute approximate surface area is 145 Å². The summed E-state index contributed by atoms with van der Waals surface area (Å²) < 4.78 is 7.73. The molecule has 3 aromatic rings. The number of fused-ring (bicyclic) bond motifs is 1. The summed E-state index contributed by atoms with van der Waals surface area (Å²) in [5.74, 6) is 0.927. The Bertz CT molecular complexity index is 915. The van der Waals surface area contributed by atoms with E-state index in [1.54, 1.807) is 6.20 Å². The van der Waals surface area contributed by atoms with Gasteiger partial charge in [-0.1, -0.05) is 24.3 Å². The third-order valence-corrected chi connectivity index (χ3v) is 4.40. The van der Waals surface area contributed by atoms with E-state index in [1.165, 1.54) is 5.56 Å². The predicted octanol–water partition coefficient (Wildman–Crippen LogP) is 2.79. The van der Waals surface area contributed by atoms with Gasteiger partial charge in [-0.2, -0.15) is 0 Å². The molecule has 1 aromatic carbocycles. The SMILES string of the molecule is CC(C)Oc1nccn2c(-c3ccc(C4CNC(=O)C4)cc3)cnc12. The Balaban J connectivity index is 1.67. The van der Waals surface area contributed by atoms with E-state index in [0.717, 1.165) is 17.8 Å². The molecular formula is C19H20N4O2. The summed E-state index contributed by atoms with van der Waals surface area (Å²) in [4.78, 5) is 20.2. The van der Waals surface area contributed by atoms with E-state index in [4.69, 9.17) is 4.74 Å². The van der Waals surface area contributed by atoms with Crippen LogP contribution in [0.15, 0.2) is 42.9 Å². The maximum atomic E-state index is 11.4. The second-order valence-corrected chi connectivity index (χ2v) is 6.56. The second-order valence-electron chi connectivity index (χ2n) is 6.56. The van der Waals surface area contributed by atoms with Gasteiger partial charge in [0.05, 0.1) is 18.0 Å². The Morgan fingerprint density at radius 2 is 2.04 bits per heavy atom. The lowest BCUT2D eigenvalue weighted by atomic mass is 9.97. The van der Waals surface area contributed by atoms with Gasteiger partial charge in [-0.05, 0) is 19.4 Å². The largest absolute Gasteiger partial charge is 0.472 e. The normalized spacial score (nSPS) is 17.2. The molecule has 1 saturated heterocycles. The van der Waals surface area contributed by atoms with Crippen molar-refractivity contribution < 1.29 is 9.53 Å². The number of imidazole rings is 1. The van der Waals surface area contributed by atoms with Crippen LogP contribution in [0.5, 0.6) is 5.88 Å². The quantitative estimate of drug-likeness (QED) is 0.795. The fraction of sp³-hybridized carbons (Fsp3) is 0.316. The van der Waals surface area contributed by atoms with E-state index < -0.39 is 0 Å². The smallest absolute Gasteiger partial charge is 0.258 e. The first-order valence-corrected chi connectivity index (χ1v) is 8.47. The lowest BCUT2D eigenvalue weighted by Gasteiger charge is -2.10. The fourth-order valence-corrected chi connectivity index (χ4v) is 3.18. The molecule has 128 valence electrons. The van der Waals surface area contributed by atoms with E-state index in [0.29, 0.717) is 17.9 Å². The van der Waals surface area contributed by atoms with E-state index in [2.05, 4.69) is 39.6 Å². The molecule has 4 rings (SSSR count). The number of carbonyl (C=O) groups excluding carboxylic acids is 1. The number of nitrogens with zero attached hydrogens (tertiary/aromatic N) is 3. The van der Waals surface area contributed by atoms with Gasteiger partial charge in [0.1, 0.15) is 0 Å². The summed E-state index contributed by atoms with van der Waals surface area (Å²) in [6.45, 7) is 4.65. The maximum Gasteiger partial charge on any atom is 0.258 e. The monoisotopic (exact) mass is 336 g/mol. The minimum Gasteiger partial charge on any atom is -0.472 e. The second kappa shape index (κ2) is 6.20. The first kappa shape index (κ1) is 15.6. The van der Waals surface area contributed by atoms with Crippen LogP contribution in [0.3, 0.4) is 0 Å². The molecule has 1 aliphatic heterocycles. The minimum absolute atomic E-state index is 0.0425. The van der Waals surface area contributed by atoms with Crippen LogP contribution in [0, 0.1) is 0 Å². The van der Waals surface area contributed by atoms with Crippen molar-refractivity contribution >= 4 is 11.6 Å². The summed E-state index contributed by atoms with van der Waals surface area (Å²) >= 11 is 0. The van der Waals surface area contributed by atoms with Crippen molar-refractivity contribution in [3.63, 3.8) is 0 Å². The number of carbonyl (C=O) groups is 1. The van der Waals surface area contributed by atoms with Gasteiger partial charge >= 0.3 is 0 Å². The average molecular weight is 336 g/mol. The van der Waals surface area contributed by atoms with Crippen LogP contribution in [0.4, 0.5) is 0 Å². The van der Waals surface area contributed by atoms with Crippen molar-refractivity contribution in [3.8, 4) is 17.1 Å². The number of hydrogen-bond donors (Lipinski definition) is 1. The Morgan fingerprint density at radius 1 is 1.24 bits per heavy atom. The highest BCUT2D eigenvalue weighted by Gasteiger charge is 2.23. The molecule has 0 radical (unpaired) electrons. The van der Waals surface area contributed by atoms with Crippen LogP contribution < -0.4 is 10.1 Å². The summed E-state index contributed by atoms with van der Waals surface area (Å²) in [5.41, 5.74) is 3.94. The molecule has 0 aliphatic carbocycles. The number of benzene rings is 1. The van der Waals surface area contributed by atoms with Gasteiger partial charge in [-0.15, -0.1) is 0 Å². The average Bonchev–Trinajstić information content (AvgIpc) is 3.21. The number of hydrogen-bond acceptors (Lipinski definition) is 4. The number of aromatic nitrogens is 3. The first-order valence-electron chi connectivity index (χ1n) is 8.47. The summed E-state index contributed by atoms with van der Waals surface area (Å²) in [6, 6.07) is 8.33. The van der Waals surface area contributed by atoms with Crippen molar-refractivity contribution in [2.75, 3.05) is 6.54 Å². The molecular weight excluding hydrogens is 316 g/mol. The lowest BCUT2D eigenvalue weighted by Crippen LogP contribution is -2.13. The molecule has 1 unspecified atom stereocenters. The highest BCUT2D eigenvalue weighted by Crippen LogP contribution is 2.28. The summed E-state index contributed by atoms with van der Waals surface area (Å²) in [5, 5.41) is 2.88. The van der Waals surface area contributed by atoms with Gasteiger partial charge in [-0.3, -0.25) is 9.20 Å². The molecule has 2 aromatic heterocycles. The van der Waals surface area contributed by atoms with Crippen molar-refractivity contribution in [3.05, 3.63) is 48.4 Å². The molecule has 1 aliphatic rings. The summed E-state index contributed by atoms with van der Waals surface area (Å²) in [6.07, 6.45) is 6.05. The minimum atomic E-state index is 0.0425. The molecule has 1 N–H and O–H groups in total. The number of rotatable bonds is 4. The third-order valence-electron chi connectivity index (χ3n) is 4.40. The van der Waals surface area contributed by atoms with Gasteiger partial charge in [0, 0.05) is 36.8 Å². The molecule has 1 fully saturated rings. The first-order chi connectivity index (χ1) is 12.1. The molecule has 3 heterocycles. The number of amides is 1. The van der Waals surface area contributed by atoms with Gasteiger partial charge < -0.3 is 10.1 Å². The molecule has 1 atom stereocenters. The molecule has 0 spiro atoms. The highest BCUT2D eigenvalue weighted by molar-refractivity contribution is 5.79. The fourth-order valence-electron chi connectivity index (χ4n) is 3.18.